The zero-order valence-electron chi connectivity index (χ0n) is 18.5. The molecule has 6 nitrogen and oxygen atoms in total. The maximum absolute atomic E-state index is 13.6. The van der Waals surface area contributed by atoms with Crippen molar-refractivity contribution in [3.8, 4) is 0 Å². The van der Waals surface area contributed by atoms with Gasteiger partial charge in [-0.25, -0.2) is 0 Å². The highest BCUT2D eigenvalue weighted by Gasteiger charge is 2.30. The fourth-order valence-electron chi connectivity index (χ4n) is 4.44. The molecular weight excluding hydrogens is 468 g/mol. The van der Waals surface area contributed by atoms with E-state index in [2.05, 4.69) is 15.2 Å². The van der Waals surface area contributed by atoms with E-state index in [0.29, 0.717) is 42.5 Å². The number of aromatic nitrogens is 1. The van der Waals surface area contributed by atoms with Gasteiger partial charge in [0, 0.05) is 60.4 Å². The molecule has 1 fully saturated rings. The lowest BCUT2D eigenvalue weighted by molar-refractivity contribution is -0.133. The largest absolute Gasteiger partial charge is 0.368 e. The number of para-hydroxylation sites is 1. The molecule has 0 saturated carbocycles. The number of amides is 2. The number of nitrogens with zero attached hydrogens (tertiary/aromatic N) is 2. The molecule has 2 amide bonds. The number of hydrogen-bond acceptors (Lipinski definition) is 4. The van der Waals surface area contributed by atoms with Gasteiger partial charge in [-0.3, -0.25) is 9.59 Å². The summed E-state index contributed by atoms with van der Waals surface area (Å²) in [6.45, 7) is 2.60. The third-order valence-electron chi connectivity index (χ3n) is 6.21. The number of benzene rings is 2. The molecule has 1 aliphatic rings. The van der Waals surface area contributed by atoms with Gasteiger partial charge in [0.2, 0.25) is 5.91 Å². The fourth-order valence-corrected chi connectivity index (χ4v) is 5.25. The second-order valence-corrected chi connectivity index (χ2v) is 9.74. The molecule has 8 heteroatoms. The van der Waals surface area contributed by atoms with Gasteiger partial charge in [-0.15, -0.1) is 11.3 Å². The highest BCUT2D eigenvalue weighted by Crippen LogP contribution is 2.23. The standard InChI is InChI=1S/C26H25ClN4O2S/c27-19-5-3-6-20(16-19)30-10-12-31(13-11-30)26(33)23(29-25(32)24-9-4-14-34-24)15-18-17-28-22-8-2-1-7-21(18)22/h1-9,14,16-17,23,28H,10-13,15H2,(H,29,32)/t23-/m0/s1. The highest BCUT2D eigenvalue weighted by molar-refractivity contribution is 7.12. The van der Waals surface area contributed by atoms with E-state index >= 15 is 0 Å². The van der Waals surface area contributed by atoms with Crippen LogP contribution in [0.15, 0.2) is 72.2 Å². The smallest absolute Gasteiger partial charge is 0.262 e. The molecule has 1 saturated heterocycles. The Kier molecular flexibility index (Phi) is 6.56. The lowest BCUT2D eigenvalue weighted by Crippen LogP contribution is -2.55. The molecule has 2 aromatic carbocycles. The zero-order valence-corrected chi connectivity index (χ0v) is 20.1. The minimum Gasteiger partial charge on any atom is -0.368 e. The molecule has 3 heterocycles. The predicted molar refractivity (Wildman–Crippen MR) is 138 cm³/mol. The predicted octanol–water partition coefficient (Wildman–Crippen LogP) is 4.57. The summed E-state index contributed by atoms with van der Waals surface area (Å²) < 4.78 is 0. The van der Waals surface area contributed by atoms with E-state index in [0.717, 1.165) is 22.2 Å². The number of piperazine rings is 1. The molecule has 0 bridgehead atoms. The van der Waals surface area contributed by atoms with Gasteiger partial charge >= 0.3 is 0 Å². The number of rotatable bonds is 6. The van der Waals surface area contributed by atoms with Crippen molar-refractivity contribution in [3.63, 3.8) is 0 Å². The van der Waals surface area contributed by atoms with Gasteiger partial charge in [0.05, 0.1) is 4.88 Å². The van der Waals surface area contributed by atoms with Gasteiger partial charge in [-0.05, 0) is 41.3 Å². The quantitative estimate of drug-likeness (QED) is 0.414. The minimum atomic E-state index is -0.647. The highest BCUT2D eigenvalue weighted by atomic mass is 35.5. The molecule has 174 valence electrons. The molecule has 2 N–H and O–H groups in total. The monoisotopic (exact) mass is 492 g/mol. The van der Waals surface area contributed by atoms with Crippen LogP contribution in [0.1, 0.15) is 15.2 Å². The van der Waals surface area contributed by atoms with Crippen LogP contribution in [0.4, 0.5) is 5.69 Å². The number of carbonyl (C=O) groups is 2. The van der Waals surface area contributed by atoms with Gasteiger partial charge in [-0.2, -0.15) is 0 Å². The van der Waals surface area contributed by atoms with Crippen LogP contribution in [-0.2, 0) is 11.2 Å². The van der Waals surface area contributed by atoms with Crippen molar-refractivity contribution in [1.29, 1.82) is 0 Å². The molecule has 1 atom stereocenters. The summed E-state index contributed by atoms with van der Waals surface area (Å²) in [6, 6.07) is 18.7. The summed E-state index contributed by atoms with van der Waals surface area (Å²) in [5.74, 6) is -0.272. The van der Waals surface area contributed by atoms with Gasteiger partial charge in [-0.1, -0.05) is 41.9 Å². The van der Waals surface area contributed by atoms with E-state index in [9.17, 15) is 9.59 Å². The lowest BCUT2D eigenvalue weighted by Gasteiger charge is -2.37. The molecule has 5 rings (SSSR count). The van der Waals surface area contributed by atoms with Crippen LogP contribution in [0.2, 0.25) is 5.02 Å². The third kappa shape index (κ3) is 4.81. The van der Waals surface area contributed by atoms with Crippen LogP contribution < -0.4 is 10.2 Å². The van der Waals surface area contributed by atoms with Gasteiger partial charge in [0.25, 0.3) is 5.91 Å². The molecule has 34 heavy (non-hydrogen) atoms. The number of thiophene rings is 1. The number of H-pyrrole nitrogens is 1. The topological polar surface area (TPSA) is 68.4 Å². The number of hydrogen-bond donors (Lipinski definition) is 2. The maximum atomic E-state index is 13.6. The van der Waals surface area contributed by atoms with Crippen LogP contribution in [-0.4, -0.2) is 53.9 Å². The number of fused-ring (bicyclic) bond motifs is 1. The molecule has 4 aromatic rings. The number of aromatic amines is 1. The molecule has 0 radical (unpaired) electrons. The van der Waals surface area contributed by atoms with Crippen molar-refractivity contribution in [2.75, 3.05) is 31.1 Å². The third-order valence-corrected chi connectivity index (χ3v) is 7.32. The van der Waals surface area contributed by atoms with Crippen molar-refractivity contribution in [3.05, 3.63) is 87.7 Å². The lowest BCUT2D eigenvalue weighted by atomic mass is 10.0. The van der Waals surface area contributed by atoms with Gasteiger partial charge < -0.3 is 20.1 Å². The van der Waals surface area contributed by atoms with Crippen LogP contribution >= 0.6 is 22.9 Å². The second kappa shape index (κ2) is 9.91. The molecule has 1 aliphatic heterocycles. The first kappa shape index (κ1) is 22.5. The van der Waals surface area contributed by atoms with E-state index in [4.69, 9.17) is 11.6 Å². The zero-order chi connectivity index (χ0) is 23.5. The summed E-state index contributed by atoms with van der Waals surface area (Å²) >= 11 is 7.52. The number of halogens is 1. The second-order valence-electron chi connectivity index (χ2n) is 8.36. The van der Waals surface area contributed by atoms with Crippen LogP contribution in [0.25, 0.3) is 10.9 Å². The van der Waals surface area contributed by atoms with Crippen molar-refractivity contribution >= 4 is 51.3 Å². The Morgan fingerprint density at radius 3 is 2.62 bits per heavy atom. The summed E-state index contributed by atoms with van der Waals surface area (Å²) in [5.41, 5.74) is 3.09. The van der Waals surface area contributed by atoms with Crippen molar-refractivity contribution in [2.45, 2.75) is 12.5 Å². The summed E-state index contributed by atoms with van der Waals surface area (Å²) in [4.78, 5) is 34.4. The van der Waals surface area contributed by atoms with E-state index < -0.39 is 6.04 Å². The van der Waals surface area contributed by atoms with Crippen LogP contribution in [0.5, 0.6) is 0 Å². The van der Waals surface area contributed by atoms with E-state index in [1.807, 2.05) is 71.1 Å². The van der Waals surface area contributed by atoms with Crippen LogP contribution in [0.3, 0.4) is 0 Å². The van der Waals surface area contributed by atoms with Gasteiger partial charge in [0.15, 0.2) is 0 Å². The van der Waals surface area contributed by atoms with E-state index in [1.165, 1.54) is 11.3 Å². The van der Waals surface area contributed by atoms with Crippen molar-refractivity contribution in [2.24, 2.45) is 0 Å². The Morgan fingerprint density at radius 1 is 1.03 bits per heavy atom. The first-order valence-corrected chi connectivity index (χ1v) is 12.5. The van der Waals surface area contributed by atoms with E-state index in [1.54, 1.807) is 6.07 Å². The number of nitrogens with one attached hydrogen (secondary N) is 2. The molecule has 2 aromatic heterocycles. The number of carbonyl (C=O) groups excluding carboxylic acids is 2. The molecule has 0 spiro atoms. The Hall–Kier alpha value is -3.29. The Balaban J connectivity index is 1.33. The Labute approximate surface area is 207 Å². The first-order valence-electron chi connectivity index (χ1n) is 11.3. The number of anilines is 1. The maximum Gasteiger partial charge on any atom is 0.262 e. The Bertz CT molecular complexity index is 1300. The Morgan fingerprint density at radius 2 is 1.85 bits per heavy atom. The first-order chi connectivity index (χ1) is 16.6. The van der Waals surface area contributed by atoms with E-state index in [-0.39, 0.29) is 11.8 Å². The average Bonchev–Trinajstić information content (AvgIpc) is 3.54. The SMILES string of the molecule is O=C(N[C@@H](Cc1c[nH]c2ccccc12)C(=O)N1CCN(c2cccc(Cl)c2)CC1)c1cccs1. The van der Waals surface area contributed by atoms with Crippen molar-refractivity contribution < 1.29 is 9.59 Å². The van der Waals surface area contributed by atoms with Crippen molar-refractivity contribution in [1.82, 2.24) is 15.2 Å². The summed E-state index contributed by atoms with van der Waals surface area (Å²) in [6.07, 6.45) is 2.35. The van der Waals surface area contributed by atoms with Crippen LogP contribution in [0, 0.1) is 0 Å². The molecular formula is C26H25ClN4O2S. The average molecular weight is 493 g/mol. The summed E-state index contributed by atoms with van der Waals surface area (Å²) in [5, 5.41) is 6.63. The molecule has 0 unspecified atom stereocenters. The minimum absolute atomic E-state index is 0.0547. The van der Waals surface area contributed by atoms with Gasteiger partial charge in [0.1, 0.15) is 6.04 Å². The molecule has 0 aliphatic carbocycles. The fraction of sp³-hybridized carbons (Fsp3) is 0.231. The summed E-state index contributed by atoms with van der Waals surface area (Å²) in [7, 11) is 0. The normalized spacial score (nSPS) is 14.9.